The van der Waals surface area contributed by atoms with Crippen molar-refractivity contribution in [1.29, 1.82) is 0 Å². The van der Waals surface area contributed by atoms with Crippen LogP contribution in [0.5, 0.6) is 0 Å². The number of nitrogens with zero attached hydrogens (tertiary/aromatic N) is 1. The Balaban J connectivity index is 1.72. The lowest BCUT2D eigenvalue weighted by Gasteiger charge is -2.06. The smallest absolute Gasteiger partial charge is 0.298 e. The minimum Gasteiger partial charge on any atom is -0.298 e. The molecule has 128 valence electrons. The van der Waals surface area contributed by atoms with Gasteiger partial charge in [-0.15, -0.1) is 0 Å². The number of halogens is 3. The molecular formula is C18H13F3N2OS. The molecule has 0 spiro atoms. The predicted molar refractivity (Wildman–Crippen MR) is 93.5 cm³/mol. The molecule has 1 N–H and O–H groups in total. The van der Waals surface area contributed by atoms with E-state index in [0.29, 0.717) is 10.7 Å². The Morgan fingerprint density at radius 2 is 2.00 bits per heavy atom. The van der Waals surface area contributed by atoms with Crippen LogP contribution in [0.15, 0.2) is 48.5 Å². The number of hydrogen-bond donors (Lipinski definition) is 1. The zero-order valence-electron chi connectivity index (χ0n) is 13.1. The maximum Gasteiger partial charge on any atom is 0.416 e. The van der Waals surface area contributed by atoms with E-state index in [1.807, 2.05) is 25.1 Å². The fourth-order valence-electron chi connectivity index (χ4n) is 2.22. The largest absolute Gasteiger partial charge is 0.416 e. The maximum atomic E-state index is 12.7. The summed E-state index contributed by atoms with van der Waals surface area (Å²) in [5, 5.41) is 3.07. The molecule has 0 saturated carbocycles. The highest BCUT2D eigenvalue weighted by atomic mass is 32.1. The topological polar surface area (TPSA) is 42.0 Å². The van der Waals surface area contributed by atoms with Crippen LogP contribution in [0, 0.1) is 6.92 Å². The van der Waals surface area contributed by atoms with Crippen LogP contribution >= 0.6 is 11.3 Å². The van der Waals surface area contributed by atoms with Crippen LogP contribution < -0.4 is 5.32 Å². The minimum absolute atomic E-state index is 0.296. The molecule has 25 heavy (non-hydrogen) atoms. The van der Waals surface area contributed by atoms with Crippen molar-refractivity contribution in [3.63, 3.8) is 0 Å². The summed E-state index contributed by atoms with van der Waals surface area (Å²) in [5.41, 5.74) is 1.42. The van der Waals surface area contributed by atoms with Crippen LogP contribution in [0.25, 0.3) is 16.3 Å². The number of aryl methyl sites for hydroxylation is 1. The van der Waals surface area contributed by atoms with E-state index in [0.717, 1.165) is 27.9 Å². The van der Waals surface area contributed by atoms with Crippen LogP contribution in [-0.4, -0.2) is 10.9 Å². The summed E-state index contributed by atoms with van der Waals surface area (Å²) in [7, 11) is 0. The SMILES string of the molecule is Cc1ccc2nc(NC(=O)/C=C/c3cccc(C(F)(F)F)c3)sc2c1. The molecule has 0 unspecified atom stereocenters. The number of amides is 1. The Hall–Kier alpha value is -2.67. The molecule has 0 aliphatic rings. The van der Waals surface area contributed by atoms with E-state index in [1.54, 1.807) is 0 Å². The van der Waals surface area contributed by atoms with E-state index in [1.165, 1.54) is 35.6 Å². The third-order valence-electron chi connectivity index (χ3n) is 3.42. The number of hydrogen-bond acceptors (Lipinski definition) is 3. The number of carbonyl (C=O) groups is 1. The second-order valence-electron chi connectivity index (χ2n) is 5.44. The molecule has 3 aromatic rings. The molecule has 1 heterocycles. The Morgan fingerprint density at radius 3 is 2.76 bits per heavy atom. The molecule has 0 fully saturated rings. The van der Waals surface area contributed by atoms with Gasteiger partial charge < -0.3 is 0 Å². The first-order chi connectivity index (χ1) is 11.8. The second kappa shape index (κ2) is 6.68. The second-order valence-corrected chi connectivity index (χ2v) is 6.47. The molecule has 3 rings (SSSR count). The van der Waals surface area contributed by atoms with Gasteiger partial charge in [-0.25, -0.2) is 4.98 Å². The number of alkyl halides is 3. The van der Waals surface area contributed by atoms with Crippen molar-refractivity contribution in [3.05, 3.63) is 65.2 Å². The van der Waals surface area contributed by atoms with Crippen molar-refractivity contribution in [3.8, 4) is 0 Å². The van der Waals surface area contributed by atoms with Crippen LogP contribution in [-0.2, 0) is 11.0 Å². The zero-order chi connectivity index (χ0) is 18.0. The van der Waals surface area contributed by atoms with Gasteiger partial charge in [0, 0.05) is 6.08 Å². The minimum atomic E-state index is -4.41. The third kappa shape index (κ3) is 4.24. The number of rotatable bonds is 3. The molecule has 3 nitrogen and oxygen atoms in total. The van der Waals surface area contributed by atoms with E-state index < -0.39 is 17.6 Å². The van der Waals surface area contributed by atoms with Crippen molar-refractivity contribution in [2.75, 3.05) is 5.32 Å². The Bertz CT molecular complexity index is 960. The summed E-state index contributed by atoms with van der Waals surface area (Å²) in [6.07, 6.45) is -1.89. The highest BCUT2D eigenvalue weighted by Crippen LogP contribution is 2.30. The first-order valence-electron chi connectivity index (χ1n) is 7.35. The van der Waals surface area contributed by atoms with Crippen molar-refractivity contribution in [2.24, 2.45) is 0 Å². The molecule has 0 bridgehead atoms. The van der Waals surface area contributed by atoms with Crippen molar-refractivity contribution in [1.82, 2.24) is 4.98 Å². The predicted octanol–water partition coefficient (Wildman–Crippen LogP) is 5.28. The van der Waals surface area contributed by atoms with Gasteiger partial charge in [-0.3, -0.25) is 10.1 Å². The molecular weight excluding hydrogens is 349 g/mol. The van der Waals surface area contributed by atoms with Gasteiger partial charge in [0.2, 0.25) is 5.91 Å². The number of thiazole rings is 1. The van der Waals surface area contributed by atoms with Gasteiger partial charge in [-0.05, 0) is 48.4 Å². The first kappa shape index (κ1) is 17.2. The van der Waals surface area contributed by atoms with Crippen molar-refractivity contribution >= 4 is 38.7 Å². The lowest BCUT2D eigenvalue weighted by molar-refractivity contribution is -0.137. The van der Waals surface area contributed by atoms with E-state index >= 15 is 0 Å². The van der Waals surface area contributed by atoms with Crippen LogP contribution in [0.2, 0.25) is 0 Å². The molecule has 1 amide bonds. The van der Waals surface area contributed by atoms with Crippen molar-refractivity contribution < 1.29 is 18.0 Å². The molecule has 0 saturated heterocycles. The van der Waals surface area contributed by atoms with Gasteiger partial charge >= 0.3 is 6.18 Å². The Labute approximate surface area is 145 Å². The van der Waals surface area contributed by atoms with E-state index in [4.69, 9.17) is 0 Å². The molecule has 0 aliphatic heterocycles. The zero-order valence-corrected chi connectivity index (χ0v) is 13.9. The normalized spacial score (nSPS) is 12.0. The van der Waals surface area contributed by atoms with Crippen LogP contribution in [0.1, 0.15) is 16.7 Å². The first-order valence-corrected chi connectivity index (χ1v) is 8.16. The summed E-state index contributed by atoms with van der Waals surface area (Å²) < 4.78 is 39.0. The van der Waals surface area contributed by atoms with Crippen molar-refractivity contribution in [2.45, 2.75) is 13.1 Å². The Morgan fingerprint density at radius 1 is 1.20 bits per heavy atom. The monoisotopic (exact) mass is 362 g/mol. The lowest BCUT2D eigenvalue weighted by atomic mass is 10.1. The molecule has 0 radical (unpaired) electrons. The summed E-state index contributed by atoms with van der Waals surface area (Å²) in [6, 6.07) is 10.6. The van der Waals surface area contributed by atoms with Crippen LogP contribution in [0.3, 0.4) is 0 Å². The van der Waals surface area contributed by atoms with E-state index in [2.05, 4.69) is 10.3 Å². The van der Waals surface area contributed by atoms with E-state index in [9.17, 15) is 18.0 Å². The fraction of sp³-hybridized carbons (Fsp3) is 0.111. The highest BCUT2D eigenvalue weighted by molar-refractivity contribution is 7.22. The quantitative estimate of drug-likeness (QED) is 0.645. The van der Waals surface area contributed by atoms with Gasteiger partial charge in [0.1, 0.15) is 0 Å². The average molecular weight is 362 g/mol. The number of anilines is 1. The average Bonchev–Trinajstić information content (AvgIpc) is 2.93. The van der Waals surface area contributed by atoms with Gasteiger partial charge in [-0.2, -0.15) is 13.2 Å². The van der Waals surface area contributed by atoms with E-state index in [-0.39, 0.29) is 0 Å². The Kier molecular flexibility index (Phi) is 4.59. The molecule has 0 aliphatic carbocycles. The number of nitrogens with one attached hydrogen (secondary N) is 1. The maximum absolute atomic E-state index is 12.7. The molecule has 0 atom stereocenters. The summed E-state index contributed by atoms with van der Waals surface area (Å²) in [5.74, 6) is -0.451. The van der Waals surface area contributed by atoms with Gasteiger partial charge in [-0.1, -0.05) is 29.5 Å². The molecule has 2 aromatic carbocycles. The number of fused-ring (bicyclic) bond motifs is 1. The summed E-state index contributed by atoms with van der Waals surface area (Å²) in [6.45, 7) is 1.97. The molecule has 7 heteroatoms. The van der Waals surface area contributed by atoms with Gasteiger partial charge in [0.05, 0.1) is 15.8 Å². The fourth-order valence-corrected chi connectivity index (χ4v) is 3.19. The standard InChI is InChI=1S/C18H13F3N2OS/c1-11-5-7-14-15(9-11)25-17(22-14)23-16(24)8-6-12-3-2-4-13(10-12)18(19,20)21/h2-10H,1H3,(H,22,23,24)/b8-6+. The van der Waals surface area contributed by atoms with Crippen LogP contribution in [0.4, 0.5) is 18.3 Å². The lowest BCUT2D eigenvalue weighted by Crippen LogP contribution is -2.07. The number of carbonyl (C=O) groups excluding carboxylic acids is 1. The van der Waals surface area contributed by atoms with Gasteiger partial charge in [0.15, 0.2) is 5.13 Å². The third-order valence-corrected chi connectivity index (χ3v) is 4.35. The molecule has 1 aromatic heterocycles. The summed E-state index contributed by atoms with van der Waals surface area (Å²) in [4.78, 5) is 16.3. The van der Waals surface area contributed by atoms with Gasteiger partial charge in [0.25, 0.3) is 0 Å². The number of aromatic nitrogens is 1. The highest BCUT2D eigenvalue weighted by Gasteiger charge is 2.30. The number of benzene rings is 2. The summed E-state index contributed by atoms with van der Waals surface area (Å²) >= 11 is 1.34.